The molecule has 0 saturated carbocycles. The molecule has 0 radical (unpaired) electrons. The van der Waals surface area contributed by atoms with Gasteiger partial charge in [-0.25, -0.2) is 4.68 Å². The number of hydrogen-bond donors (Lipinski definition) is 1. The van der Waals surface area contributed by atoms with Crippen LogP contribution in [0.4, 0.5) is 0 Å². The lowest BCUT2D eigenvalue weighted by molar-refractivity contribution is -0.147. The van der Waals surface area contributed by atoms with Crippen LogP contribution in [-0.4, -0.2) is 38.4 Å². The monoisotopic (exact) mass is 290 g/mol. The molecule has 0 saturated heterocycles. The number of benzene rings is 1. The van der Waals surface area contributed by atoms with Crippen molar-refractivity contribution >= 4 is 5.97 Å². The molecule has 7 nitrogen and oxygen atoms in total. The average molecular weight is 290 g/mol. The third-order valence-corrected chi connectivity index (χ3v) is 3.26. The van der Waals surface area contributed by atoms with E-state index >= 15 is 0 Å². The first kappa shape index (κ1) is 15.1. The van der Waals surface area contributed by atoms with Crippen LogP contribution in [0.3, 0.4) is 0 Å². The van der Waals surface area contributed by atoms with Crippen molar-refractivity contribution in [1.29, 1.82) is 0 Å². The molecule has 2 rings (SSSR count). The molecule has 21 heavy (non-hydrogen) atoms. The summed E-state index contributed by atoms with van der Waals surface area (Å²) in [6, 6.07) is 9.53. The summed E-state index contributed by atoms with van der Waals surface area (Å²) in [6.45, 7) is 3.42. The highest BCUT2D eigenvalue weighted by atomic mass is 16.5. The summed E-state index contributed by atoms with van der Waals surface area (Å²) in [6.07, 6.45) is -0.439. The van der Waals surface area contributed by atoms with Crippen LogP contribution < -0.4 is 0 Å². The van der Waals surface area contributed by atoms with Crippen molar-refractivity contribution in [3.8, 4) is 0 Å². The molecular weight excluding hydrogens is 272 g/mol. The first-order valence-corrected chi connectivity index (χ1v) is 6.53. The Morgan fingerprint density at radius 2 is 2.05 bits per heavy atom. The maximum absolute atomic E-state index is 11.3. The molecule has 1 atom stereocenters. The zero-order chi connectivity index (χ0) is 15.5. The summed E-state index contributed by atoms with van der Waals surface area (Å²) in [5, 5.41) is 20.8. The Morgan fingerprint density at radius 3 is 2.62 bits per heavy atom. The van der Waals surface area contributed by atoms with E-state index in [0.29, 0.717) is 5.82 Å². The van der Waals surface area contributed by atoms with Crippen LogP contribution in [0.5, 0.6) is 0 Å². The van der Waals surface area contributed by atoms with Gasteiger partial charge in [0.1, 0.15) is 6.10 Å². The van der Waals surface area contributed by atoms with Gasteiger partial charge in [-0.2, -0.15) is 0 Å². The standard InChI is InChI=1S/C14H18N4O3/c1-14(2,13(19)20)9-18-12(15-16-17-18)11(21-3)10-7-5-4-6-8-10/h4-8,11H,9H2,1-3H3,(H,19,20). The van der Waals surface area contributed by atoms with E-state index in [1.807, 2.05) is 30.3 Å². The number of rotatable bonds is 6. The number of carbonyl (C=O) groups is 1. The Morgan fingerprint density at radius 1 is 1.38 bits per heavy atom. The molecule has 0 fully saturated rings. The van der Waals surface area contributed by atoms with Gasteiger partial charge >= 0.3 is 5.97 Å². The third kappa shape index (κ3) is 3.25. The number of tetrazole rings is 1. The van der Waals surface area contributed by atoms with Crippen molar-refractivity contribution in [2.75, 3.05) is 7.11 Å². The van der Waals surface area contributed by atoms with Gasteiger partial charge < -0.3 is 9.84 Å². The highest BCUT2D eigenvalue weighted by Gasteiger charge is 2.31. The van der Waals surface area contributed by atoms with Gasteiger partial charge in [0.15, 0.2) is 5.82 Å². The number of nitrogens with zero attached hydrogens (tertiary/aromatic N) is 4. The van der Waals surface area contributed by atoms with Crippen LogP contribution >= 0.6 is 0 Å². The maximum atomic E-state index is 11.3. The second-order valence-corrected chi connectivity index (χ2v) is 5.41. The van der Waals surface area contributed by atoms with Crippen molar-refractivity contribution in [2.45, 2.75) is 26.5 Å². The lowest BCUT2D eigenvalue weighted by atomic mass is 9.94. The molecule has 0 aliphatic carbocycles. The van der Waals surface area contributed by atoms with E-state index < -0.39 is 17.5 Å². The number of ether oxygens (including phenoxy) is 1. The van der Waals surface area contributed by atoms with E-state index in [4.69, 9.17) is 4.74 Å². The first-order valence-electron chi connectivity index (χ1n) is 6.53. The molecule has 0 bridgehead atoms. The molecule has 0 spiro atoms. The largest absolute Gasteiger partial charge is 0.481 e. The fourth-order valence-electron chi connectivity index (χ4n) is 1.97. The molecule has 1 aromatic heterocycles. The van der Waals surface area contributed by atoms with Crippen LogP contribution in [-0.2, 0) is 16.1 Å². The molecule has 7 heteroatoms. The Kier molecular flexibility index (Phi) is 4.32. The van der Waals surface area contributed by atoms with Gasteiger partial charge in [-0.3, -0.25) is 4.79 Å². The van der Waals surface area contributed by atoms with Crippen LogP contribution in [0.15, 0.2) is 30.3 Å². The Bertz CT molecular complexity index is 610. The lowest BCUT2D eigenvalue weighted by Crippen LogP contribution is -2.31. The number of aliphatic carboxylic acids is 1. The quantitative estimate of drug-likeness (QED) is 0.867. The van der Waals surface area contributed by atoms with Gasteiger partial charge in [-0.1, -0.05) is 30.3 Å². The summed E-state index contributed by atoms with van der Waals surface area (Å²) >= 11 is 0. The number of aromatic nitrogens is 4. The molecule has 1 N–H and O–H groups in total. The lowest BCUT2D eigenvalue weighted by Gasteiger charge is -2.21. The van der Waals surface area contributed by atoms with E-state index in [9.17, 15) is 9.90 Å². The Balaban J connectivity index is 2.33. The normalized spacial score (nSPS) is 13.1. The van der Waals surface area contributed by atoms with Gasteiger partial charge in [-0.05, 0) is 29.8 Å². The smallest absolute Gasteiger partial charge is 0.310 e. The van der Waals surface area contributed by atoms with Gasteiger partial charge in [0.2, 0.25) is 0 Å². The second-order valence-electron chi connectivity index (χ2n) is 5.41. The molecule has 112 valence electrons. The van der Waals surface area contributed by atoms with Gasteiger partial charge in [0, 0.05) is 7.11 Å². The van der Waals surface area contributed by atoms with Crippen molar-refractivity contribution < 1.29 is 14.6 Å². The third-order valence-electron chi connectivity index (χ3n) is 3.26. The predicted molar refractivity (Wildman–Crippen MR) is 74.5 cm³/mol. The Hall–Kier alpha value is -2.28. The summed E-state index contributed by atoms with van der Waals surface area (Å²) in [5.41, 5.74) is -0.0665. The van der Waals surface area contributed by atoms with E-state index in [-0.39, 0.29) is 6.54 Å². The minimum Gasteiger partial charge on any atom is -0.481 e. The molecule has 1 unspecified atom stereocenters. The number of carboxylic acids is 1. The summed E-state index contributed by atoms with van der Waals surface area (Å²) < 4.78 is 6.97. The highest BCUT2D eigenvalue weighted by Crippen LogP contribution is 2.25. The van der Waals surface area contributed by atoms with Crippen LogP contribution in [0, 0.1) is 5.41 Å². The molecule has 1 heterocycles. The minimum absolute atomic E-state index is 0.164. The number of hydrogen-bond acceptors (Lipinski definition) is 5. The average Bonchev–Trinajstić information content (AvgIpc) is 2.88. The summed E-state index contributed by atoms with van der Waals surface area (Å²) in [4.78, 5) is 11.3. The van der Waals surface area contributed by atoms with Crippen LogP contribution in [0.1, 0.15) is 31.3 Å². The van der Waals surface area contributed by atoms with Crippen LogP contribution in [0.2, 0.25) is 0 Å². The molecule has 0 amide bonds. The van der Waals surface area contributed by atoms with Gasteiger partial charge in [-0.15, -0.1) is 5.10 Å². The van der Waals surface area contributed by atoms with Crippen molar-refractivity contribution in [2.24, 2.45) is 5.41 Å². The Labute approximate surface area is 122 Å². The molecule has 0 aliphatic rings. The van der Waals surface area contributed by atoms with Crippen molar-refractivity contribution in [3.05, 3.63) is 41.7 Å². The maximum Gasteiger partial charge on any atom is 0.310 e. The van der Waals surface area contributed by atoms with E-state index in [1.165, 1.54) is 4.68 Å². The van der Waals surface area contributed by atoms with Gasteiger partial charge in [0.05, 0.1) is 12.0 Å². The van der Waals surface area contributed by atoms with Crippen molar-refractivity contribution in [3.63, 3.8) is 0 Å². The molecular formula is C14H18N4O3. The highest BCUT2D eigenvalue weighted by molar-refractivity contribution is 5.73. The van der Waals surface area contributed by atoms with E-state index in [1.54, 1.807) is 21.0 Å². The van der Waals surface area contributed by atoms with Crippen molar-refractivity contribution in [1.82, 2.24) is 20.2 Å². The fourth-order valence-corrected chi connectivity index (χ4v) is 1.97. The number of methoxy groups -OCH3 is 1. The number of carboxylic acid groups (broad SMARTS) is 1. The zero-order valence-electron chi connectivity index (χ0n) is 12.2. The SMILES string of the molecule is COC(c1ccccc1)c1nnnn1CC(C)(C)C(=O)O. The van der Waals surface area contributed by atoms with Gasteiger partial charge in [0.25, 0.3) is 0 Å². The predicted octanol–water partition coefficient (Wildman–Crippen LogP) is 1.52. The zero-order valence-corrected chi connectivity index (χ0v) is 12.2. The van der Waals surface area contributed by atoms with E-state index in [2.05, 4.69) is 15.5 Å². The summed E-state index contributed by atoms with van der Waals surface area (Å²) in [7, 11) is 1.57. The fraction of sp³-hybridized carbons (Fsp3) is 0.429. The summed E-state index contributed by atoms with van der Waals surface area (Å²) in [5.74, 6) is -0.421. The minimum atomic E-state index is -0.973. The van der Waals surface area contributed by atoms with E-state index in [0.717, 1.165) is 5.56 Å². The molecule has 1 aromatic carbocycles. The molecule has 0 aliphatic heterocycles. The molecule has 2 aromatic rings. The first-order chi connectivity index (χ1) is 9.95. The second kappa shape index (κ2) is 6.01. The van der Waals surface area contributed by atoms with Crippen LogP contribution in [0.25, 0.3) is 0 Å². The topological polar surface area (TPSA) is 90.1 Å².